The van der Waals surface area contributed by atoms with Gasteiger partial charge in [-0.25, -0.2) is 0 Å². The van der Waals surface area contributed by atoms with Gasteiger partial charge in [0, 0.05) is 24.9 Å². The first-order valence-corrected chi connectivity index (χ1v) is 9.04. The van der Waals surface area contributed by atoms with Gasteiger partial charge in [0.05, 0.1) is 7.11 Å². The van der Waals surface area contributed by atoms with Gasteiger partial charge in [0.2, 0.25) is 12.6 Å². The molecule has 0 N–H and O–H groups in total. The summed E-state index contributed by atoms with van der Waals surface area (Å²) in [7, 11) is 3.38. The summed E-state index contributed by atoms with van der Waals surface area (Å²) < 4.78 is 23.6. The van der Waals surface area contributed by atoms with Gasteiger partial charge < -0.3 is 18.9 Å². The molecule has 0 radical (unpaired) electrons. The predicted molar refractivity (Wildman–Crippen MR) is 106 cm³/mol. The maximum atomic E-state index is 12.2. The van der Waals surface area contributed by atoms with E-state index < -0.39 is 0 Å². The Labute approximate surface area is 168 Å². The number of aryl methyl sites for hydroxylation is 1. The fourth-order valence-corrected chi connectivity index (χ4v) is 2.95. The number of hydrogen-bond donors (Lipinski definition) is 0. The Morgan fingerprint density at radius 1 is 1.17 bits per heavy atom. The van der Waals surface area contributed by atoms with E-state index in [9.17, 15) is 4.79 Å². The van der Waals surface area contributed by atoms with Crippen LogP contribution in [0.4, 0.5) is 0 Å². The number of ketones is 1. The van der Waals surface area contributed by atoms with Gasteiger partial charge in [-0.3, -0.25) is 9.48 Å². The predicted octanol–water partition coefficient (Wildman–Crippen LogP) is 3.63. The SMILES string of the molecule is COc1ccc(/C=C/C(=O)c2ccn(C)n2)cc1COc1ccc2c(c1)OCO2. The van der Waals surface area contributed by atoms with E-state index in [1.165, 1.54) is 6.08 Å². The number of aromatic nitrogens is 2. The van der Waals surface area contributed by atoms with Crippen LogP contribution in [0.15, 0.2) is 54.7 Å². The van der Waals surface area contributed by atoms with Gasteiger partial charge in [-0.15, -0.1) is 0 Å². The lowest BCUT2D eigenvalue weighted by Gasteiger charge is -2.11. The number of rotatable bonds is 7. The molecule has 0 amide bonds. The molecule has 29 heavy (non-hydrogen) atoms. The number of benzene rings is 2. The fraction of sp³-hybridized carbons (Fsp3) is 0.182. The first-order chi connectivity index (χ1) is 14.1. The van der Waals surface area contributed by atoms with Crippen molar-refractivity contribution < 1.29 is 23.7 Å². The Kier molecular flexibility index (Phi) is 5.20. The van der Waals surface area contributed by atoms with Gasteiger partial charge in [0.25, 0.3) is 0 Å². The summed E-state index contributed by atoms with van der Waals surface area (Å²) in [5.74, 6) is 2.60. The number of carbonyl (C=O) groups is 1. The van der Waals surface area contributed by atoms with Gasteiger partial charge in [0.15, 0.2) is 11.5 Å². The third-order valence-electron chi connectivity index (χ3n) is 4.44. The van der Waals surface area contributed by atoms with Crippen LogP contribution in [-0.2, 0) is 13.7 Å². The Morgan fingerprint density at radius 3 is 2.83 bits per heavy atom. The lowest BCUT2D eigenvalue weighted by molar-refractivity contribution is 0.104. The molecule has 2 heterocycles. The third kappa shape index (κ3) is 4.24. The lowest BCUT2D eigenvalue weighted by Crippen LogP contribution is -2.00. The second-order valence-corrected chi connectivity index (χ2v) is 6.45. The molecule has 0 unspecified atom stereocenters. The number of hydrogen-bond acceptors (Lipinski definition) is 6. The standard InChI is InChI=1S/C22H20N2O5/c1-24-10-9-18(23-24)19(25)6-3-15-4-7-20(26-2)16(11-15)13-27-17-5-8-21-22(12-17)29-14-28-21/h3-12H,13-14H2,1-2H3/b6-3+. The second-order valence-electron chi connectivity index (χ2n) is 6.45. The minimum Gasteiger partial charge on any atom is -0.496 e. The van der Waals surface area contributed by atoms with Crippen LogP contribution in [0.5, 0.6) is 23.0 Å². The average molecular weight is 392 g/mol. The zero-order chi connectivity index (χ0) is 20.2. The van der Waals surface area contributed by atoms with E-state index in [1.54, 1.807) is 43.2 Å². The van der Waals surface area contributed by atoms with E-state index in [4.69, 9.17) is 18.9 Å². The van der Waals surface area contributed by atoms with E-state index in [2.05, 4.69) is 5.10 Å². The van der Waals surface area contributed by atoms with Gasteiger partial charge in [-0.2, -0.15) is 5.10 Å². The maximum absolute atomic E-state index is 12.2. The zero-order valence-corrected chi connectivity index (χ0v) is 16.1. The van der Waals surface area contributed by atoms with Crippen molar-refractivity contribution in [2.45, 2.75) is 6.61 Å². The summed E-state index contributed by atoms with van der Waals surface area (Å²) in [5, 5.41) is 4.11. The minimum atomic E-state index is -0.153. The Bertz CT molecular complexity index is 1070. The van der Waals surface area contributed by atoms with Crippen LogP contribution in [0, 0.1) is 0 Å². The molecule has 4 rings (SSSR count). The van der Waals surface area contributed by atoms with Gasteiger partial charge in [0.1, 0.15) is 23.8 Å². The van der Waals surface area contributed by atoms with Crippen LogP contribution in [0.25, 0.3) is 6.08 Å². The molecule has 1 aromatic heterocycles. The van der Waals surface area contributed by atoms with Crippen molar-refractivity contribution >= 4 is 11.9 Å². The number of fused-ring (bicyclic) bond motifs is 1. The Morgan fingerprint density at radius 2 is 2.03 bits per heavy atom. The summed E-state index contributed by atoms with van der Waals surface area (Å²) in [6.45, 7) is 0.525. The summed E-state index contributed by atoms with van der Waals surface area (Å²) in [5.41, 5.74) is 2.13. The molecule has 0 atom stereocenters. The molecular formula is C22H20N2O5. The highest BCUT2D eigenvalue weighted by molar-refractivity contribution is 6.05. The smallest absolute Gasteiger partial charge is 0.231 e. The largest absolute Gasteiger partial charge is 0.496 e. The topological polar surface area (TPSA) is 71.8 Å². The van der Waals surface area contributed by atoms with Crippen molar-refractivity contribution in [2.24, 2.45) is 7.05 Å². The van der Waals surface area contributed by atoms with E-state index in [0.717, 1.165) is 11.1 Å². The van der Waals surface area contributed by atoms with Crippen molar-refractivity contribution in [1.29, 1.82) is 0 Å². The molecule has 0 aliphatic carbocycles. The lowest BCUT2D eigenvalue weighted by atomic mass is 10.1. The number of ether oxygens (including phenoxy) is 4. The Hall–Kier alpha value is -3.74. The molecular weight excluding hydrogens is 372 g/mol. The first-order valence-electron chi connectivity index (χ1n) is 9.04. The molecule has 0 bridgehead atoms. The van der Waals surface area contributed by atoms with Gasteiger partial charge in [-0.05, 0) is 42.0 Å². The molecule has 7 nitrogen and oxygen atoms in total. The van der Waals surface area contributed by atoms with Crippen LogP contribution in [-0.4, -0.2) is 29.5 Å². The molecule has 0 saturated heterocycles. The van der Waals surface area contributed by atoms with Gasteiger partial charge >= 0.3 is 0 Å². The number of carbonyl (C=O) groups excluding carboxylic acids is 1. The Balaban J connectivity index is 1.47. The molecule has 1 aliphatic rings. The van der Waals surface area contributed by atoms with Crippen molar-refractivity contribution in [3.05, 3.63) is 71.6 Å². The van der Waals surface area contributed by atoms with E-state index >= 15 is 0 Å². The molecule has 0 fully saturated rings. The van der Waals surface area contributed by atoms with E-state index in [1.807, 2.05) is 30.3 Å². The molecule has 0 spiro atoms. The van der Waals surface area contributed by atoms with Crippen molar-refractivity contribution in [3.63, 3.8) is 0 Å². The number of allylic oxidation sites excluding steroid dienone is 1. The maximum Gasteiger partial charge on any atom is 0.231 e. The molecule has 1 aliphatic heterocycles. The first kappa shape index (κ1) is 18.6. The van der Waals surface area contributed by atoms with Crippen molar-refractivity contribution in [3.8, 4) is 23.0 Å². The van der Waals surface area contributed by atoms with Crippen LogP contribution in [0.3, 0.4) is 0 Å². The highest BCUT2D eigenvalue weighted by Gasteiger charge is 2.14. The zero-order valence-electron chi connectivity index (χ0n) is 16.1. The molecule has 7 heteroatoms. The fourth-order valence-electron chi connectivity index (χ4n) is 2.95. The van der Waals surface area contributed by atoms with E-state index in [-0.39, 0.29) is 12.6 Å². The summed E-state index contributed by atoms with van der Waals surface area (Å²) in [6, 6.07) is 12.8. The van der Waals surface area contributed by atoms with Crippen molar-refractivity contribution in [1.82, 2.24) is 9.78 Å². The molecule has 2 aromatic carbocycles. The van der Waals surface area contributed by atoms with Crippen LogP contribution >= 0.6 is 0 Å². The van der Waals surface area contributed by atoms with Crippen LogP contribution in [0.1, 0.15) is 21.6 Å². The monoisotopic (exact) mass is 392 g/mol. The van der Waals surface area contributed by atoms with Crippen LogP contribution < -0.4 is 18.9 Å². The molecule has 0 saturated carbocycles. The van der Waals surface area contributed by atoms with E-state index in [0.29, 0.717) is 35.3 Å². The van der Waals surface area contributed by atoms with Gasteiger partial charge in [-0.1, -0.05) is 12.1 Å². The number of methoxy groups -OCH3 is 1. The van der Waals surface area contributed by atoms with Crippen molar-refractivity contribution in [2.75, 3.05) is 13.9 Å². The summed E-state index contributed by atoms with van der Waals surface area (Å²) in [6.07, 6.45) is 4.99. The van der Waals surface area contributed by atoms with Crippen LogP contribution in [0.2, 0.25) is 0 Å². The highest BCUT2D eigenvalue weighted by atomic mass is 16.7. The minimum absolute atomic E-state index is 0.153. The summed E-state index contributed by atoms with van der Waals surface area (Å²) in [4.78, 5) is 12.2. The molecule has 3 aromatic rings. The quantitative estimate of drug-likeness (QED) is 0.452. The average Bonchev–Trinajstić information content (AvgIpc) is 3.38. The molecule has 148 valence electrons. The normalized spacial score (nSPS) is 12.3. The summed E-state index contributed by atoms with van der Waals surface area (Å²) >= 11 is 0. The highest BCUT2D eigenvalue weighted by Crippen LogP contribution is 2.35. The third-order valence-corrected chi connectivity index (χ3v) is 4.44. The number of nitrogens with zero attached hydrogens (tertiary/aromatic N) is 2. The second kappa shape index (κ2) is 8.10.